The second-order valence-electron chi connectivity index (χ2n) is 5.74. The molecule has 0 saturated heterocycles. The highest BCUT2D eigenvalue weighted by Crippen LogP contribution is 2.20. The Kier molecular flexibility index (Phi) is 4.69. The van der Waals surface area contributed by atoms with Gasteiger partial charge in [0.15, 0.2) is 0 Å². The van der Waals surface area contributed by atoms with E-state index in [0.29, 0.717) is 18.9 Å². The number of aromatic nitrogens is 4. The van der Waals surface area contributed by atoms with E-state index in [4.69, 9.17) is 0 Å². The number of hydrogen-bond acceptors (Lipinski definition) is 5. The summed E-state index contributed by atoms with van der Waals surface area (Å²) in [5.41, 5.74) is 1.84. The lowest BCUT2D eigenvalue weighted by Gasteiger charge is -2.11. The highest BCUT2D eigenvalue weighted by Gasteiger charge is 2.09. The van der Waals surface area contributed by atoms with Crippen LogP contribution in [0, 0.1) is 5.92 Å². The Morgan fingerprint density at radius 2 is 2.00 bits per heavy atom. The maximum absolute atomic E-state index is 11.6. The molecule has 1 amide bonds. The molecule has 7 nitrogen and oxygen atoms in total. The third-order valence-corrected chi connectivity index (χ3v) is 3.58. The monoisotopic (exact) mass is 324 g/mol. The fourth-order valence-corrected chi connectivity index (χ4v) is 2.28. The van der Waals surface area contributed by atoms with Crippen molar-refractivity contribution in [1.82, 2.24) is 24.9 Å². The van der Waals surface area contributed by atoms with Gasteiger partial charge in [-0.3, -0.25) is 4.79 Å². The first-order valence-corrected chi connectivity index (χ1v) is 7.93. The molecule has 3 rings (SSSR count). The normalized spacial score (nSPS) is 11.0. The summed E-state index contributed by atoms with van der Waals surface area (Å²) in [5.74, 6) is 1.35. The number of rotatable bonds is 6. The first kappa shape index (κ1) is 15.9. The average Bonchev–Trinajstić information content (AvgIpc) is 3.07. The van der Waals surface area contributed by atoms with E-state index in [1.807, 2.05) is 50.2 Å². The lowest BCUT2D eigenvalue weighted by Crippen LogP contribution is -2.32. The molecule has 2 aromatic heterocycles. The first-order valence-electron chi connectivity index (χ1n) is 7.93. The number of carbonyl (C=O) groups is 1. The molecular weight excluding hydrogens is 304 g/mol. The van der Waals surface area contributed by atoms with Crippen LogP contribution in [0.5, 0.6) is 0 Å². The van der Waals surface area contributed by atoms with Gasteiger partial charge in [0.05, 0.1) is 5.69 Å². The van der Waals surface area contributed by atoms with E-state index >= 15 is 0 Å². The molecule has 0 spiro atoms. The molecule has 24 heavy (non-hydrogen) atoms. The zero-order valence-corrected chi connectivity index (χ0v) is 13.7. The number of amides is 1. The number of anilines is 1. The third kappa shape index (κ3) is 3.51. The Balaban J connectivity index is 1.77. The van der Waals surface area contributed by atoms with Crippen molar-refractivity contribution in [3.63, 3.8) is 0 Å². The molecule has 0 radical (unpaired) electrons. The van der Waals surface area contributed by atoms with Gasteiger partial charge < -0.3 is 10.6 Å². The van der Waals surface area contributed by atoms with Crippen molar-refractivity contribution in [3.05, 3.63) is 42.7 Å². The highest BCUT2D eigenvalue weighted by atomic mass is 16.1. The van der Waals surface area contributed by atoms with Gasteiger partial charge in [-0.15, -0.1) is 0 Å². The highest BCUT2D eigenvalue weighted by molar-refractivity contribution is 5.77. The van der Waals surface area contributed by atoms with Gasteiger partial charge in [0.25, 0.3) is 5.78 Å². The minimum atomic E-state index is -0.0161. The van der Waals surface area contributed by atoms with Crippen LogP contribution in [0.3, 0.4) is 0 Å². The molecule has 0 fully saturated rings. The van der Waals surface area contributed by atoms with Crippen LogP contribution in [-0.4, -0.2) is 38.6 Å². The Hall–Kier alpha value is -2.96. The molecule has 0 saturated carbocycles. The quantitative estimate of drug-likeness (QED) is 0.677. The van der Waals surface area contributed by atoms with E-state index in [2.05, 4.69) is 25.7 Å². The van der Waals surface area contributed by atoms with Crippen LogP contribution in [0.2, 0.25) is 0 Å². The van der Waals surface area contributed by atoms with Gasteiger partial charge >= 0.3 is 0 Å². The summed E-state index contributed by atoms with van der Waals surface area (Å²) >= 11 is 0. The Morgan fingerprint density at radius 1 is 1.21 bits per heavy atom. The average molecular weight is 324 g/mol. The molecule has 124 valence electrons. The number of carbonyl (C=O) groups excluding carboxylic acids is 1. The minimum absolute atomic E-state index is 0.0161. The Morgan fingerprint density at radius 3 is 2.75 bits per heavy atom. The molecule has 3 aromatic rings. The fraction of sp³-hybridized carbons (Fsp3) is 0.294. The molecule has 2 heterocycles. The van der Waals surface area contributed by atoms with Crippen molar-refractivity contribution in [1.29, 1.82) is 0 Å². The molecule has 7 heteroatoms. The van der Waals surface area contributed by atoms with E-state index in [0.717, 1.165) is 17.1 Å². The second kappa shape index (κ2) is 7.08. The van der Waals surface area contributed by atoms with Crippen molar-refractivity contribution in [2.75, 3.05) is 18.4 Å². The van der Waals surface area contributed by atoms with Gasteiger partial charge in [0.2, 0.25) is 5.91 Å². The Labute approximate surface area is 140 Å². The molecule has 0 unspecified atom stereocenters. The van der Waals surface area contributed by atoms with Crippen molar-refractivity contribution in [2.24, 2.45) is 5.92 Å². The van der Waals surface area contributed by atoms with Crippen LogP contribution in [0.1, 0.15) is 13.8 Å². The molecular formula is C17H20N6O. The number of nitrogens with zero attached hydrogens (tertiary/aromatic N) is 4. The van der Waals surface area contributed by atoms with Gasteiger partial charge in [0.1, 0.15) is 12.1 Å². The lowest BCUT2D eigenvalue weighted by molar-refractivity contribution is -0.123. The predicted octanol–water partition coefficient (Wildman–Crippen LogP) is 1.98. The topological polar surface area (TPSA) is 84.2 Å². The van der Waals surface area contributed by atoms with Crippen molar-refractivity contribution < 1.29 is 4.79 Å². The molecule has 0 bridgehead atoms. The molecule has 0 aliphatic rings. The Bertz CT molecular complexity index is 827. The van der Waals surface area contributed by atoms with Crippen molar-refractivity contribution in [3.8, 4) is 11.3 Å². The summed E-state index contributed by atoms with van der Waals surface area (Å²) in [7, 11) is 0. The van der Waals surface area contributed by atoms with E-state index < -0.39 is 0 Å². The zero-order valence-electron chi connectivity index (χ0n) is 13.7. The summed E-state index contributed by atoms with van der Waals surface area (Å²) < 4.78 is 1.65. The van der Waals surface area contributed by atoms with Crippen LogP contribution < -0.4 is 10.6 Å². The molecule has 0 aliphatic heterocycles. The lowest BCUT2D eigenvalue weighted by atomic mass is 10.1. The van der Waals surface area contributed by atoms with Crippen LogP contribution in [0.15, 0.2) is 42.7 Å². The van der Waals surface area contributed by atoms with E-state index in [-0.39, 0.29) is 11.8 Å². The fourth-order valence-electron chi connectivity index (χ4n) is 2.28. The summed E-state index contributed by atoms with van der Waals surface area (Å²) in [4.78, 5) is 20.3. The van der Waals surface area contributed by atoms with Crippen molar-refractivity contribution in [2.45, 2.75) is 13.8 Å². The second-order valence-corrected chi connectivity index (χ2v) is 5.74. The summed E-state index contributed by atoms with van der Waals surface area (Å²) in [6, 6.07) is 11.8. The van der Waals surface area contributed by atoms with Gasteiger partial charge in [-0.25, -0.2) is 4.98 Å². The molecule has 0 atom stereocenters. The third-order valence-electron chi connectivity index (χ3n) is 3.58. The van der Waals surface area contributed by atoms with Gasteiger partial charge in [-0.05, 0) is 0 Å². The summed E-state index contributed by atoms with van der Waals surface area (Å²) in [5, 5.41) is 10.4. The first-order chi connectivity index (χ1) is 11.6. The minimum Gasteiger partial charge on any atom is -0.368 e. The zero-order chi connectivity index (χ0) is 16.9. The summed E-state index contributed by atoms with van der Waals surface area (Å²) in [6.07, 6.45) is 1.48. The molecule has 1 aromatic carbocycles. The number of nitrogens with one attached hydrogen (secondary N) is 2. The molecule has 2 N–H and O–H groups in total. The van der Waals surface area contributed by atoms with Crippen LogP contribution in [0.4, 0.5) is 5.82 Å². The largest absolute Gasteiger partial charge is 0.368 e. The SMILES string of the molecule is CC(C)C(=O)NCCNc1cc(-c2ccccc2)nc2ncnn12. The summed E-state index contributed by atoms with van der Waals surface area (Å²) in [6.45, 7) is 4.87. The predicted molar refractivity (Wildman–Crippen MR) is 92.6 cm³/mol. The number of hydrogen-bond donors (Lipinski definition) is 2. The van der Waals surface area contributed by atoms with Gasteiger partial charge in [-0.2, -0.15) is 14.6 Å². The van der Waals surface area contributed by atoms with Crippen LogP contribution in [0.25, 0.3) is 17.0 Å². The van der Waals surface area contributed by atoms with E-state index in [1.54, 1.807) is 4.52 Å². The maximum atomic E-state index is 11.6. The number of fused-ring (bicyclic) bond motifs is 1. The standard InChI is InChI=1S/C17H20N6O/c1-12(2)16(24)19-9-8-18-15-10-14(13-6-4-3-5-7-13)22-17-20-11-21-23(15)17/h3-7,10-12,18H,8-9H2,1-2H3,(H,19,24). The van der Waals surface area contributed by atoms with Crippen LogP contribution >= 0.6 is 0 Å². The van der Waals surface area contributed by atoms with Crippen molar-refractivity contribution >= 4 is 17.5 Å². The van der Waals surface area contributed by atoms with E-state index in [9.17, 15) is 4.79 Å². The van der Waals surface area contributed by atoms with Gasteiger partial charge in [0, 0.05) is 30.6 Å². The number of benzene rings is 1. The maximum Gasteiger partial charge on any atom is 0.254 e. The van der Waals surface area contributed by atoms with Gasteiger partial charge in [-0.1, -0.05) is 44.2 Å². The molecule has 0 aliphatic carbocycles. The van der Waals surface area contributed by atoms with Crippen LogP contribution in [-0.2, 0) is 4.79 Å². The smallest absolute Gasteiger partial charge is 0.254 e. The van der Waals surface area contributed by atoms with E-state index in [1.165, 1.54) is 6.33 Å².